The molecule has 0 bridgehead atoms. The van der Waals surface area contributed by atoms with Gasteiger partial charge in [0.1, 0.15) is 5.69 Å². The van der Waals surface area contributed by atoms with Crippen LogP contribution in [0.4, 0.5) is 5.69 Å². The first-order valence-corrected chi connectivity index (χ1v) is 3.01. The summed E-state index contributed by atoms with van der Waals surface area (Å²) in [5, 5.41) is 2.80. The second-order valence-corrected chi connectivity index (χ2v) is 2.20. The van der Waals surface area contributed by atoms with E-state index >= 15 is 0 Å². The fraction of sp³-hybridized carbons (Fsp3) is 0.286. The Morgan fingerprint density at radius 2 is 1.80 bits per heavy atom. The van der Waals surface area contributed by atoms with E-state index in [-0.39, 0.29) is 0 Å². The van der Waals surface area contributed by atoms with Gasteiger partial charge in [0.25, 0.3) is 0 Å². The zero-order valence-corrected chi connectivity index (χ0v) is 5.96. The molecule has 3 nitrogen and oxygen atoms in total. The predicted octanol–water partition coefficient (Wildman–Crippen LogP) is 2.10. The molecule has 1 heterocycles. The fourth-order valence-corrected chi connectivity index (χ4v) is 0.865. The molecular formula is C7H8N2O. The van der Waals surface area contributed by atoms with Crippen LogP contribution in [0.2, 0.25) is 0 Å². The second-order valence-electron chi connectivity index (χ2n) is 2.20. The quantitative estimate of drug-likeness (QED) is 0.555. The Hall–Kier alpha value is -1.25. The van der Waals surface area contributed by atoms with Crippen LogP contribution in [0.5, 0.6) is 0 Å². The van der Waals surface area contributed by atoms with Crippen molar-refractivity contribution in [2.75, 3.05) is 0 Å². The summed E-state index contributed by atoms with van der Waals surface area (Å²) in [4.78, 5) is 14.1. The van der Waals surface area contributed by atoms with Crippen LogP contribution >= 0.6 is 0 Å². The highest BCUT2D eigenvalue weighted by Crippen LogP contribution is 2.12. The van der Waals surface area contributed by atoms with Crippen molar-refractivity contribution in [1.29, 1.82) is 0 Å². The van der Waals surface area contributed by atoms with Crippen LogP contribution in [0.25, 0.3) is 0 Å². The normalized spacial score (nSPS) is 9.40. The molecule has 1 aromatic rings. The van der Waals surface area contributed by atoms with Crippen LogP contribution in [0.15, 0.2) is 17.3 Å². The van der Waals surface area contributed by atoms with Crippen molar-refractivity contribution >= 4 is 5.69 Å². The van der Waals surface area contributed by atoms with Crippen LogP contribution in [0.1, 0.15) is 11.4 Å². The van der Waals surface area contributed by atoms with E-state index in [9.17, 15) is 4.91 Å². The first-order chi connectivity index (χ1) is 4.72. The molecule has 0 aliphatic rings. The zero-order valence-electron chi connectivity index (χ0n) is 5.96. The van der Waals surface area contributed by atoms with E-state index in [1.165, 1.54) is 0 Å². The zero-order chi connectivity index (χ0) is 7.56. The third kappa shape index (κ3) is 1.37. The summed E-state index contributed by atoms with van der Waals surface area (Å²) in [6.07, 6.45) is 0. The minimum atomic E-state index is 0.449. The maximum absolute atomic E-state index is 10.0. The van der Waals surface area contributed by atoms with Crippen molar-refractivity contribution < 1.29 is 0 Å². The standard InChI is InChI=1S/C7H8N2O/c1-5-3-7(9-10)4-6(2)8-5/h3-4H,1-2H3. The number of pyridine rings is 1. The number of rotatable bonds is 1. The van der Waals surface area contributed by atoms with E-state index in [1.54, 1.807) is 12.1 Å². The second kappa shape index (κ2) is 2.56. The van der Waals surface area contributed by atoms with Crippen LogP contribution in [0, 0.1) is 18.8 Å². The van der Waals surface area contributed by atoms with Gasteiger partial charge in [0.2, 0.25) is 0 Å². The van der Waals surface area contributed by atoms with Crippen LogP contribution < -0.4 is 0 Å². The largest absolute Gasteiger partial charge is 0.258 e. The number of aromatic nitrogens is 1. The highest BCUT2D eigenvalue weighted by atomic mass is 16.3. The topological polar surface area (TPSA) is 42.3 Å². The van der Waals surface area contributed by atoms with Gasteiger partial charge in [-0.05, 0) is 31.2 Å². The third-order valence-electron chi connectivity index (χ3n) is 1.17. The number of nitrogens with zero attached hydrogens (tertiary/aromatic N) is 2. The molecular weight excluding hydrogens is 128 g/mol. The summed E-state index contributed by atoms with van der Waals surface area (Å²) < 4.78 is 0. The van der Waals surface area contributed by atoms with Crippen LogP contribution in [0.3, 0.4) is 0 Å². The Morgan fingerprint density at radius 1 is 1.30 bits per heavy atom. The van der Waals surface area contributed by atoms with Crippen molar-refractivity contribution in [1.82, 2.24) is 4.98 Å². The SMILES string of the molecule is Cc1cc(N=O)cc(C)n1. The Morgan fingerprint density at radius 3 is 2.20 bits per heavy atom. The van der Waals surface area contributed by atoms with Gasteiger partial charge in [0, 0.05) is 11.4 Å². The summed E-state index contributed by atoms with van der Waals surface area (Å²) in [7, 11) is 0. The first kappa shape index (κ1) is 6.86. The average molecular weight is 136 g/mol. The monoisotopic (exact) mass is 136 g/mol. The maximum Gasteiger partial charge on any atom is 0.111 e. The van der Waals surface area contributed by atoms with Crippen molar-refractivity contribution in [2.45, 2.75) is 13.8 Å². The number of aryl methyl sites for hydroxylation is 2. The average Bonchev–Trinajstić information content (AvgIpc) is 1.85. The van der Waals surface area contributed by atoms with Crippen LogP contribution in [-0.4, -0.2) is 4.98 Å². The number of hydrogen-bond donors (Lipinski definition) is 0. The van der Waals surface area contributed by atoms with Crippen molar-refractivity contribution in [3.63, 3.8) is 0 Å². The predicted molar refractivity (Wildman–Crippen MR) is 39.2 cm³/mol. The fourth-order valence-electron chi connectivity index (χ4n) is 0.865. The molecule has 0 unspecified atom stereocenters. The summed E-state index contributed by atoms with van der Waals surface area (Å²) in [6, 6.07) is 3.31. The molecule has 0 saturated carbocycles. The Balaban J connectivity index is 3.18. The number of hydrogen-bond acceptors (Lipinski definition) is 3. The first-order valence-electron chi connectivity index (χ1n) is 3.01. The lowest BCUT2D eigenvalue weighted by molar-refractivity contribution is 1.12. The lowest BCUT2D eigenvalue weighted by Crippen LogP contribution is -1.83. The number of nitroso groups, excluding NO2 is 1. The van der Waals surface area contributed by atoms with Gasteiger partial charge in [-0.25, -0.2) is 0 Å². The van der Waals surface area contributed by atoms with Gasteiger partial charge in [-0.3, -0.25) is 4.98 Å². The molecule has 0 aliphatic heterocycles. The smallest absolute Gasteiger partial charge is 0.111 e. The molecule has 0 aliphatic carbocycles. The molecule has 0 N–H and O–H groups in total. The Labute approximate surface area is 59.1 Å². The minimum absolute atomic E-state index is 0.449. The molecule has 0 amide bonds. The van der Waals surface area contributed by atoms with E-state index in [1.807, 2.05) is 13.8 Å². The molecule has 0 spiro atoms. The molecule has 0 saturated heterocycles. The van der Waals surface area contributed by atoms with E-state index in [2.05, 4.69) is 10.2 Å². The molecule has 0 fully saturated rings. The molecule has 0 aromatic carbocycles. The Kier molecular flexibility index (Phi) is 1.76. The van der Waals surface area contributed by atoms with Gasteiger partial charge >= 0.3 is 0 Å². The van der Waals surface area contributed by atoms with Crippen molar-refractivity contribution in [3.8, 4) is 0 Å². The molecule has 0 atom stereocenters. The molecule has 1 rings (SSSR count). The lowest BCUT2D eigenvalue weighted by Gasteiger charge is -1.94. The van der Waals surface area contributed by atoms with Gasteiger partial charge in [-0.1, -0.05) is 0 Å². The molecule has 0 radical (unpaired) electrons. The van der Waals surface area contributed by atoms with Gasteiger partial charge in [-0.15, -0.1) is 4.91 Å². The van der Waals surface area contributed by atoms with E-state index < -0.39 is 0 Å². The van der Waals surface area contributed by atoms with Gasteiger partial charge in [-0.2, -0.15) is 0 Å². The Bertz CT molecular complexity index is 238. The summed E-state index contributed by atoms with van der Waals surface area (Å²) >= 11 is 0. The van der Waals surface area contributed by atoms with Gasteiger partial charge < -0.3 is 0 Å². The summed E-state index contributed by atoms with van der Waals surface area (Å²) in [5.74, 6) is 0. The third-order valence-corrected chi connectivity index (χ3v) is 1.17. The highest BCUT2D eigenvalue weighted by molar-refractivity contribution is 5.38. The lowest BCUT2D eigenvalue weighted by atomic mass is 10.3. The summed E-state index contributed by atoms with van der Waals surface area (Å²) in [5.41, 5.74) is 2.11. The molecule has 10 heavy (non-hydrogen) atoms. The highest BCUT2D eigenvalue weighted by Gasteiger charge is 1.94. The molecule has 3 heteroatoms. The van der Waals surface area contributed by atoms with E-state index in [4.69, 9.17) is 0 Å². The molecule has 52 valence electrons. The van der Waals surface area contributed by atoms with E-state index in [0.717, 1.165) is 11.4 Å². The van der Waals surface area contributed by atoms with Gasteiger partial charge in [0.15, 0.2) is 0 Å². The van der Waals surface area contributed by atoms with Crippen molar-refractivity contribution in [3.05, 3.63) is 28.4 Å². The summed E-state index contributed by atoms with van der Waals surface area (Å²) in [6.45, 7) is 3.67. The maximum atomic E-state index is 10.0. The van der Waals surface area contributed by atoms with Gasteiger partial charge in [0.05, 0.1) is 0 Å². The van der Waals surface area contributed by atoms with E-state index in [0.29, 0.717) is 5.69 Å². The van der Waals surface area contributed by atoms with Crippen LogP contribution in [-0.2, 0) is 0 Å². The minimum Gasteiger partial charge on any atom is -0.258 e. The molecule has 1 aromatic heterocycles. The van der Waals surface area contributed by atoms with Crippen molar-refractivity contribution in [2.24, 2.45) is 5.18 Å².